The van der Waals surface area contributed by atoms with E-state index >= 15 is 0 Å². The van der Waals surface area contributed by atoms with Crippen molar-refractivity contribution in [1.29, 1.82) is 0 Å². The third kappa shape index (κ3) is 3.90. The van der Waals surface area contributed by atoms with Gasteiger partial charge in [0, 0.05) is 15.9 Å². The van der Waals surface area contributed by atoms with Crippen molar-refractivity contribution in [1.82, 2.24) is 0 Å². The summed E-state index contributed by atoms with van der Waals surface area (Å²) < 4.78 is 40.6. The van der Waals surface area contributed by atoms with Gasteiger partial charge in [0.05, 0.1) is 0 Å². The van der Waals surface area contributed by atoms with Gasteiger partial charge in [0.2, 0.25) is 0 Å². The number of ether oxygens (including phenoxy) is 1. The molecule has 0 unspecified atom stereocenters. The molecule has 0 aliphatic carbocycles. The Hall–Kier alpha value is -1.20. The predicted octanol–water partition coefficient (Wildman–Crippen LogP) is 5.80. The van der Waals surface area contributed by atoms with Gasteiger partial charge >= 0.3 is 6.36 Å². The number of halogens is 5. The van der Waals surface area contributed by atoms with Crippen molar-refractivity contribution in [2.75, 3.05) is 0 Å². The fourth-order valence-electron chi connectivity index (χ4n) is 1.74. The van der Waals surface area contributed by atoms with E-state index in [0.29, 0.717) is 21.5 Å². The molecule has 0 N–H and O–H groups in total. The molecule has 0 amide bonds. The highest BCUT2D eigenvalue weighted by atomic mass is 79.9. The summed E-state index contributed by atoms with van der Waals surface area (Å²) in [5.41, 5.74) is 2.21. The number of hydrogen-bond acceptors (Lipinski definition) is 1. The summed E-state index contributed by atoms with van der Waals surface area (Å²) in [6.07, 6.45) is -4.71. The van der Waals surface area contributed by atoms with Gasteiger partial charge in [0.25, 0.3) is 0 Å². The highest BCUT2D eigenvalue weighted by molar-refractivity contribution is 9.08. The molecule has 0 saturated heterocycles. The lowest BCUT2D eigenvalue weighted by Gasteiger charge is -2.11. The molecule has 106 valence electrons. The SMILES string of the molecule is FC(F)(F)Oc1cccc(-c2cc(CBr)ccc2Cl)c1. The Morgan fingerprint density at radius 3 is 2.50 bits per heavy atom. The molecular weight excluding hydrogens is 357 g/mol. The molecule has 0 aromatic heterocycles. The van der Waals surface area contributed by atoms with Crippen molar-refractivity contribution in [3.8, 4) is 16.9 Å². The zero-order chi connectivity index (χ0) is 14.8. The highest BCUT2D eigenvalue weighted by Gasteiger charge is 2.31. The molecule has 0 heterocycles. The summed E-state index contributed by atoms with van der Waals surface area (Å²) in [5, 5.41) is 1.11. The number of alkyl halides is 4. The van der Waals surface area contributed by atoms with E-state index in [2.05, 4.69) is 20.7 Å². The van der Waals surface area contributed by atoms with Crippen molar-refractivity contribution < 1.29 is 17.9 Å². The predicted molar refractivity (Wildman–Crippen MR) is 76.2 cm³/mol. The van der Waals surface area contributed by atoms with Crippen LogP contribution in [0.15, 0.2) is 42.5 Å². The van der Waals surface area contributed by atoms with Gasteiger partial charge in [-0.2, -0.15) is 0 Å². The van der Waals surface area contributed by atoms with Gasteiger partial charge in [0.15, 0.2) is 0 Å². The first-order valence-corrected chi connectivity index (χ1v) is 7.09. The first-order valence-electron chi connectivity index (χ1n) is 5.59. The van der Waals surface area contributed by atoms with Crippen LogP contribution < -0.4 is 4.74 Å². The molecule has 1 nitrogen and oxygen atoms in total. The standard InChI is InChI=1S/C14H9BrClF3O/c15-8-9-4-5-13(16)12(6-9)10-2-1-3-11(7-10)20-14(17,18)19/h1-7H,8H2. The van der Waals surface area contributed by atoms with Crippen LogP contribution >= 0.6 is 27.5 Å². The van der Waals surface area contributed by atoms with Crippen LogP contribution in [0.4, 0.5) is 13.2 Å². The fourth-order valence-corrected chi connectivity index (χ4v) is 2.31. The largest absolute Gasteiger partial charge is 0.573 e. The lowest BCUT2D eigenvalue weighted by atomic mass is 10.0. The van der Waals surface area contributed by atoms with Gasteiger partial charge in [-0.3, -0.25) is 0 Å². The summed E-state index contributed by atoms with van der Waals surface area (Å²) in [4.78, 5) is 0. The van der Waals surface area contributed by atoms with Crippen LogP contribution in [-0.4, -0.2) is 6.36 Å². The molecule has 0 atom stereocenters. The highest BCUT2D eigenvalue weighted by Crippen LogP contribution is 2.33. The Kier molecular flexibility index (Phi) is 4.60. The lowest BCUT2D eigenvalue weighted by Crippen LogP contribution is -2.17. The van der Waals surface area contributed by atoms with Gasteiger partial charge in [-0.25, -0.2) is 0 Å². The first-order chi connectivity index (χ1) is 9.39. The van der Waals surface area contributed by atoms with E-state index in [0.717, 1.165) is 5.56 Å². The zero-order valence-electron chi connectivity index (χ0n) is 10.0. The van der Waals surface area contributed by atoms with E-state index in [1.54, 1.807) is 12.1 Å². The monoisotopic (exact) mass is 364 g/mol. The average Bonchev–Trinajstić information content (AvgIpc) is 2.37. The summed E-state index contributed by atoms with van der Waals surface area (Å²) >= 11 is 9.42. The van der Waals surface area contributed by atoms with Crippen molar-refractivity contribution in [2.24, 2.45) is 0 Å². The maximum atomic E-state index is 12.2. The summed E-state index contributed by atoms with van der Waals surface area (Å²) in [6.45, 7) is 0. The van der Waals surface area contributed by atoms with Crippen LogP contribution in [0.25, 0.3) is 11.1 Å². The number of benzene rings is 2. The third-order valence-electron chi connectivity index (χ3n) is 2.56. The Morgan fingerprint density at radius 1 is 1.10 bits per heavy atom. The molecule has 0 saturated carbocycles. The normalized spacial score (nSPS) is 11.4. The van der Waals surface area contributed by atoms with Crippen molar-refractivity contribution in [3.05, 3.63) is 53.1 Å². The van der Waals surface area contributed by atoms with E-state index in [4.69, 9.17) is 11.6 Å². The molecule has 0 spiro atoms. The minimum Gasteiger partial charge on any atom is -0.406 e. The van der Waals surface area contributed by atoms with Gasteiger partial charge in [-0.15, -0.1) is 13.2 Å². The molecule has 0 aliphatic rings. The fraction of sp³-hybridized carbons (Fsp3) is 0.143. The van der Waals surface area contributed by atoms with Crippen LogP contribution in [0.3, 0.4) is 0 Å². The molecule has 0 fully saturated rings. The van der Waals surface area contributed by atoms with Gasteiger partial charge in [-0.05, 0) is 35.4 Å². The molecule has 0 radical (unpaired) electrons. The van der Waals surface area contributed by atoms with E-state index in [-0.39, 0.29) is 5.75 Å². The maximum absolute atomic E-state index is 12.2. The van der Waals surface area contributed by atoms with Crippen LogP contribution in [0, 0.1) is 0 Å². The quantitative estimate of drug-likeness (QED) is 0.625. The Bertz CT molecular complexity index is 614. The second-order valence-corrected chi connectivity index (χ2v) is 4.99. The van der Waals surface area contributed by atoms with E-state index < -0.39 is 6.36 Å². The Labute approximate surface area is 127 Å². The maximum Gasteiger partial charge on any atom is 0.573 e. The van der Waals surface area contributed by atoms with Crippen molar-refractivity contribution in [3.63, 3.8) is 0 Å². The topological polar surface area (TPSA) is 9.23 Å². The minimum absolute atomic E-state index is 0.268. The van der Waals surface area contributed by atoms with Crippen LogP contribution in [-0.2, 0) is 5.33 Å². The molecule has 0 bridgehead atoms. The first kappa shape index (κ1) is 15.2. The minimum atomic E-state index is -4.71. The van der Waals surface area contributed by atoms with Crippen LogP contribution in [0.5, 0.6) is 5.75 Å². The molecule has 6 heteroatoms. The summed E-state index contributed by atoms with van der Waals surface area (Å²) in [7, 11) is 0. The number of rotatable bonds is 3. The molecule has 20 heavy (non-hydrogen) atoms. The van der Waals surface area contributed by atoms with Gasteiger partial charge in [-0.1, -0.05) is 45.7 Å². The molecular formula is C14H9BrClF3O. The smallest absolute Gasteiger partial charge is 0.406 e. The second kappa shape index (κ2) is 6.06. The van der Waals surface area contributed by atoms with Crippen LogP contribution in [0.2, 0.25) is 5.02 Å². The summed E-state index contributed by atoms with van der Waals surface area (Å²) in [5.74, 6) is -0.268. The Balaban J connectivity index is 2.40. The molecule has 2 aromatic carbocycles. The Morgan fingerprint density at radius 2 is 1.85 bits per heavy atom. The lowest BCUT2D eigenvalue weighted by molar-refractivity contribution is -0.274. The zero-order valence-corrected chi connectivity index (χ0v) is 12.4. The van der Waals surface area contributed by atoms with Gasteiger partial charge < -0.3 is 4.74 Å². The van der Waals surface area contributed by atoms with E-state index in [1.165, 1.54) is 18.2 Å². The number of hydrogen-bond donors (Lipinski definition) is 0. The molecule has 2 aromatic rings. The average molecular weight is 366 g/mol. The van der Waals surface area contributed by atoms with Gasteiger partial charge in [0.1, 0.15) is 5.75 Å². The third-order valence-corrected chi connectivity index (χ3v) is 3.54. The van der Waals surface area contributed by atoms with Crippen molar-refractivity contribution >= 4 is 27.5 Å². The summed E-state index contributed by atoms with van der Waals surface area (Å²) in [6, 6.07) is 11.1. The van der Waals surface area contributed by atoms with E-state index in [9.17, 15) is 13.2 Å². The molecule has 0 aliphatic heterocycles. The van der Waals surface area contributed by atoms with E-state index in [1.807, 2.05) is 12.1 Å². The second-order valence-electron chi connectivity index (χ2n) is 4.02. The molecule has 2 rings (SSSR count). The van der Waals surface area contributed by atoms with Crippen molar-refractivity contribution in [2.45, 2.75) is 11.7 Å². The van der Waals surface area contributed by atoms with Crippen LogP contribution in [0.1, 0.15) is 5.56 Å².